The molecule has 1 atom stereocenters. The average molecular weight is 435 g/mol. The van der Waals surface area contributed by atoms with Crippen LogP contribution in [-0.4, -0.2) is 38.1 Å². The number of carbonyl (C=O) groups is 1. The molecular formula is C21H25NO7S. The zero-order valence-electron chi connectivity index (χ0n) is 17.1. The largest absolute Gasteiger partial charge is 0.489 e. The molecule has 2 rings (SSSR count). The summed E-state index contributed by atoms with van der Waals surface area (Å²) in [5.74, 6) is -0.862. The smallest absolute Gasteiger partial charge is 0.312 e. The maximum absolute atomic E-state index is 11.5. The third-order valence-electron chi connectivity index (χ3n) is 4.08. The molecule has 0 heterocycles. The van der Waals surface area contributed by atoms with Crippen molar-refractivity contribution < 1.29 is 32.1 Å². The number of oxime groups is 1. The average Bonchev–Trinajstić information content (AvgIpc) is 2.69. The van der Waals surface area contributed by atoms with E-state index in [1.165, 1.54) is 0 Å². The molecule has 0 amide bonds. The van der Waals surface area contributed by atoms with E-state index in [0.29, 0.717) is 24.5 Å². The fourth-order valence-corrected chi connectivity index (χ4v) is 3.04. The molecule has 162 valence electrons. The van der Waals surface area contributed by atoms with E-state index in [0.717, 1.165) is 17.4 Å². The number of ether oxygens (including phenoxy) is 1. The molecule has 0 radical (unpaired) electrons. The molecule has 30 heavy (non-hydrogen) atoms. The fraction of sp³-hybridized carbons (Fsp3) is 0.333. The molecule has 1 N–H and O–H groups in total. The van der Waals surface area contributed by atoms with Crippen molar-refractivity contribution in [3.8, 4) is 11.5 Å². The molecule has 0 aliphatic carbocycles. The number of hydrogen-bond acceptors (Lipinski definition) is 7. The molecule has 1 unspecified atom stereocenters. The fourth-order valence-electron chi connectivity index (χ4n) is 2.58. The first kappa shape index (κ1) is 23.2. The Labute approximate surface area is 176 Å². The molecular weight excluding hydrogens is 410 g/mol. The number of aliphatic carboxylic acids is 1. The van der Waals surface area contributed by atoms with Crippen LogP contribution in [0.15, 0.2) is 53.7 Å². The highest BCUT2D eigenvalue weighted by Gasteiger charge is 2.22. The van der Waals surface area contributed by atoms with Gasteiger partial charge in [0.25, 0.3) is 0 Å². The Morgan fingerprint density at radius 1 is 1.03 bits per heavy atom. The van der Waals surface area contributed by atoms with E-state index in [4.69, 9.17) is 13.8 Å². The number of benzene rings is 2. The van der Waals surface area contributed by atoms with Crippen molar-refractivity contribution in [1.82, 2.24) is 0 Å². The van der Waals surface area contributed by atoms with E-state index < -0.39 is 22.0 Å². The minimum absolute atomic E-state index is 0.238. The third kappa shape index (κ3) is 7.75. The molecule has 0 spiro atoms. The summed E-state index contributed by atoms with van der Waals surface area (Å²) in [7, 11) is -3.56. The topological polar surface area (TPSA) is 111 Å². The van der Waals surface area contributed by atoms with Crippen LogP contribution in [0.3, 0.4) is 0 Å². The summed E-state index contributed by atoms with van der Waals surface area (Å²) in [6, 6.07) is 13.7. The van der Waals surface area contributed by atoms with Gasteiger partial charge in [-0.25, -0.2) is 0 Å². The highest BCUT2D eigenvalue weighted by Crippen LogP contribution is 2.19. The van der Waals surface area contributed by atoms with Gasteiger partial charge in [0.1, 0.15) is 30.6 Å². The summed E-state index contributed by atoms with van der Waals surface area (Å²) in [5.41, 5.74) is 2.09. The summed E-state index contributed by atoms with van der Waals surface area (Å²) in [5, 5.41) is 13.3. The first-order valence-electron chi connectivity index (χ1n) is 9.27. The molecule has 2 aromatic carbocycles. The van der Waals surface area contributed by atoms with E-state index in [2.05, 4.69) is 5.16 Å². The molecule has 8 nitrogen and oxygen atoms in total. The monoisotopic (exact) mass is 435 g/mol. The number of hydrogen-bond donors (Lipinski definition) is 1. The SMILES string of the molecule is CCO/N=C(/C)C(Cc1ccc(OCc2ccc(OS(C)(=O)=O)cc2)cc1)C(=O)O. The van der Waals surface area contributed by atoms with E-state index in [1.807, 2.05) is 12.1 Å². The van der Waals surface area contributed by atoms with Gasteiger partial charge in [-0.1, -0.05) is 29.4 Å². The van der Waals surface area contributed by atoms with Gasteiger partial charge >= 0.3 is 16.1 Å². The van der Waals surface area contributed by atoms with Crippen molar-refractivity contribution in [1.29, 1.82) is 0 Å². The second-order valence-electron chi connectivity index (χ2n) is 6.61. The van der Waals surface area contributed by atoms with Crippen molar-refractivity contribution >= 4 is 21.8 Å². The Bertz CT molecular complexity index is 967. The summed E-state index contributed by atoms with van der Waals surface area (Å²) in [4.78, 5) is 16.5. The minimum Gasteiger partial charge on any atom is -0.489 e. The second kappa shape index (κ2) is 10.6. The van der Waals surface area contributed by atoms with E-state index in [-0.39, 0.29) is 12.4 Å². The van der Waals surface area contributed by atoms with Gasteiger partial charge in [-0.2, -0.15) is 8.42 Å². The van der Waals surface area contributed by atoms with Crippen LogP contribution in [0.2, 0.25) is 0 Å². The Hall–Kier alpha value is -3.07. The summed E-state index contributed by atoms with van der Waals surface area (Å²) in [6.45, 7) is 4.08. The molecule has 0 saturated heterocycles. The van der Waals surface area contributed by atoms with Gasteiger partial charge in [-0.05, 0) is 55.7 Å². The molecule has 0 bridgehead atoms. The predicted molar refractivity (Wildman–Crippen MR) is 112 cm³/mol. The number of carboxylic acid groups (broad SMARTS) is 1. The van der Waals surface area contributed by atoms with Crippen LogP contribution in [-0.2, 0) is 32.8 Å². The first-order valence-corrected chi connectivity index (χ1v) is 11.1. The van der Waals surface area contributed by atoms with E-state index >= 15 is 0 Å². The van der Waals surface area contributed by atoms with Crippen molar-refractivity contribution in [2.75, 3.05) is 12.9 Å². The normalized spacial score (nSPS) is 12.8. The molecule has 0 fully saturated rings. The van der Waals surface area contributed by atoms with Crippen LogP contribution in [0.5, 0.6) is 11.5 Å². The number of carboxylic acids is 1. The van der Waals surface area contributed by atoms with Crippen LogP contribution in [0.25, 0.3) is 0 Å². The molecule has 0 aliphatic rings. The van der Waals surface area contributed by atoms with Gasteiger partial charge in [0.2, 0.25) is 0 Å². The lowest BCUT2D eigenvalue weighted by Gasteiger charge is -2.13. The summed E-state index contributed by atoms with van der Waals surface area (Å²) >= 11 is 0. The van der Waals surface area contributed by atoms with Crippen LogP contribution in [0.4, 0.5) is 0 Å². The predicted octanol–water partition coefficient (Wildman–Crippen LogP) is 3.26. The van der Waals surface area contributed by atoms with Crippen LogP contribution in [0.1, 0.15) is 25.0 Å². The van der Waals surface area contributed by atoms with Crippen LogP contribution >= 0.6 is 0 Å². The first-order chi connectivity index (χ1) is 14.2. The van der Waals surface area contributed by atoms with Crippen molar-refractivity contribution in [3.05, 3.63) is 59.7 Å². The van der Waals surface area contributed by atoms with Crippen molar-refractivity contribution in [3.63, 3.8) is 0 Å². The lowest BCUT2D eigenvalue weighted by Crippen LogP contribution is -2.24. The van der Waals surface area contributed by atoms with Gasteiger partial charge in [0.15, 0.2) is 0 Å². The van der Waals surface area contributed by atoms with E-state index in [1.54, 1.807) is 50.2 Å². The van der Waals surface area contributed by atoms with E-state index in [9.17, 15) is 18.3 Å². The Balaban J connectivity index is 1.94. The second-order valence-corrected chi connectivity index (χ2v) is 8.18. The summed E-state index contributed by atoms with van der Waals surface area (Å²) in [6.07, 6.45) is 1.28. The molecule has 2 aromatic rings. The lowest BCUT2D eigenvalue weighted by atomic mass is 9.95. The van der Waals surface area contributed by atoms with Gasteiger partial charge in [0, 0.05) is 0 Å². The highest BCUT2D eigenvalue weighted by molar-refractivity contribution is 7.86. The van der Waals surface area contributed by atoms with Crippen molar-refractivity contribution in [2.45, 2.75) is 26.9 Å². The molecule has 0 saturated carbocycles. The summed E-state index contributed by atoms with van der Waals surface area (Å²) < 4.78 is 32.8. The van der Waals surface area contributed by atoms with Gasteiger partial charge < -0.3 is 18.9 Å². The maximum atomic E-state index is 11.5. The quantitative estimate of drug-likeness (QED) is 0.327. The van der Waals surface area contributed by atoms with Crippen LogP contribution < -0.4 is 8.92 Å². The minimum atomic E-state index is -3.56. The molecule has 0 aromatic heterocycles. The highest BCUT2D eigenvalue weighted by atomic mass is 32.2. The van der Waals surface area contributed by atoms with Gasteiger partial charge in [-0.15, -0.1) is 0 Å². The number of nitrogens with zero attached hydrogens (tertiary/aromatic N) is 1. The zero-order valence-corrected chi connectivity index (χ0v) is 17.9. The van der Waals surface area contributed by atoms with Gasteiger partial charge in [-0.3, -0.25) is 4.79 Å². The molecule has 9 heteroatoms. The van der Waals surface area contributed by atoms with Gasteiger partial charge in [0.05, 0.1) is 12.0 Å². The molecule has 0 aliphatic heterocycles. The lowest BCUT2D eigenvalue weighted by molar-refractivity contribution is -0.139. The standard InChI is InChI=1S/C21H25NO7S/c1-4-28-22-15(2)20(21(23)24)13-16-5-9-18(10-6-16)27-14-17-7-11-19(12-8-17)29-30(3,25)26/h5-12,20H,4,13-14H2,1-3H3,(H,23,24)/b22-15-. The van der Waals surface area contributed by atoms with Crippen molar-refractivity contribution in [2.24, 2.45) is 11.1 Å². The Kier molecular flexibility index (Phi) is 8.23. The number of rotatable bonds is 11. The maximum Gasteiger partial charge on any atom is 0.312 e. The zero-order chi connectivity index (χ0) is 22.1. The Morgan fingerprint density at radius 2 is 1.60 bits per heavy atom. The Morgan fingerprint density at radius 3 is 2.13 bits per heavy atom. The van der Waals surface area contributed by atoms with Crippen LogP contribution in [0, 0.1) is 5.92 Å². The third-order valence-corrected chi connectivity index (χ3v) is 4.57.